The van der Waals surface area contributed by atoms with E-state index >= 15 is 0 Å². The minimum atomic E-state index is -4.12. The number of nitro benzene ring substituents is 1. The van der Waals surface area contributed by atoms with Crippen molar-refractivity contribution in [1.82, 2.24) is 9.62 Å². The first-order valence-electron chi connectivity index (χ1n) is 5.53. The van der Waals surface area contributed by atoms with Crippen molar-refractivity contribution in [3.05, 3.63) is 33.3 Å². The maximum Gasteiger partial charge on any atom is 0.290 e. The Morgan fingerprint density at radius 1 is 1.40 bits per heavy atom. The molecule has 0 atom stereocenters. The number of carbonyl (C=O) groups is 1. The van der Waals surface area contributed by atoms with Crippen LogP contribution in [0.1, 0.15) is 0 Å². The number of hydrogen-bond donors (Lipinski definition) is 1. The van der Waals surface area contributed by atoms with Crippen LogP contribution in [0.25, 0.3) is 0 Å². The van der Waals surface area contributed by atoms with E-state index in [0.29, 0.717) is 0 Å². The molecule has 1 aliphatic heterocycles. The lowest BCUT2D eigenvalue weighted by Crippen LogP contribution is -2.49. The molecule has 0 saturated carbocycles. The Hall–Kier alpha value is -1.71. The van der Waals surface area contributed by atoms with Gasteiger partial charge in [0.2, 0.25) is 15.9 Å². The third kappa shape index (κ3) is 2.74. The van der Waals surface area contributed by atoms with E-state index < -0.39 is 31.4 Å². The molecule has 20 heavy (non-hydrogen) atoms. The molecular weight excluding hydrogens is 310 g/mol. The summed E-state index contributed by atoms with van der Waals surface area (Å²) in [6.07, 6.45) is 0. The Morgan fingerprint density at radius 3 is 2.70 bits per heavy atom. The second-order valence-corrected chi connectivity index (χ2v) is 6.40. The number of sulfonamides is 1. The number of nitrogens with one attached hydrogen (secondary N) is 1. The molecule has 0 radical (unpaired) electrons. The highest BCUT2D eigenvalue weighted by molar-refractivity contribution is 7.89. The standard InChI is InChI=1S/C10H10ClN3O5S/c11-7-1-2-9(8(5-7)14(16)17)20(18,19)13-4-3-12-10(15)6-13/h1-2,5H,3-4,6H2,(H,12,15). The molecular formula is C10H10ClN3O5S. The van der Waals surface area contributed by atoms with Gasteiger partial charge in [0.05, 0.1) is 11.5 Å². The fourth-order valence-electron chi connectivity index (χ4n) is 1.81. The number of carbonyl (C=O) groups excluding carboxylic acids is 1. The second-order valence-electron chi connectivity index (χ2n) is 4.06. The highest BCUT2D eigenvalue weighted by atomic mass is 35.5. The van der Waals surface area contributed by atoms with Gasteiger partial charge in [0, 0.05) is 24.2 Å². The topological polar surface area (TPSA) is 110 Å². The molecule has 0 unspecified atom stereocenters. The first-order chi connectivity index (χ1) is 9.32. The van der Waals surface area contributed by atoms with Gasteiger partial charge in [-0.2, -0.15) is 4.31 Å². The number of halogens is 1. The molecule has 2 rings (SSSR count). The van der Waals surface area contributed by atoms with Gasteiger partial charge in [0.1, 0.15) is 0 Å². The fraction of sp³-hybridized carbons (Fsp3) is 0.300. The number of rotatable bonds is 3. The van der Waals surface area contributed by atoms with Crippen molar-refractivity contribution < 1.29 is 18.1 Å². The van der Waals surface area contributed by atoms with E-state index in [1.165, 1.54) is 6.07 Å². The highest BCUT2D eigenvalue weighted by Crippen LogP contribution is 2.29. The Labute approximate surface area is 119 Å². The largest absolute Gasteiger partial charge is 0.354 e. The Balaban J connectivity index is 2.49. The van der Waals surface area contributed by atoms with Crippen LogP contribution in [0.3, 0.4) is 0 Å². The molecule has 1 aromatic rings. The van der Waals surface area contributed by atoms with Gasteiger partial charge in [-0.25, -0.2) is 8.42 Å². The van der Waals surface area contributed by atoms with Crippen molar-refractivity contribution >= 4 is 33.2 Å². The number of piperazine rings is 1. The van der Waals surface area contributed by atoms with E-state index in [-0.39, 0.29) is 24.7 Å². The highest BCUT2D eigenvalue weighted by Gasteiger charge is 2.34. The van der Waals surface area contributed by atoms with Gasteiger partial charge in [-0.05, 0) is 12.1 Å². The summed E-state index contributed by atoms with van der Waals surface area (Å²) in [5, 5.41) is 13.5. The monoisotopic (exact) mass is 319 g/mol. The van der Waals surface area contributed by atoms with E-state index in [0.717, 1.165) is 16.4 Å². The van der Waals surface area contributed by atoms with Gasteiger partial charge < -0.3 is 5.32 Å². The van der Waals surface area contributed by atoms with Crippen LogP contribution in [-0.2, 0) is 14.8 Å². The summed E-state index contributed by atoms with van der Waals surface area (Å²) in [6.45, 7) is -0.130. The molecule has 1 amide bonds. The Morgan fingerprint density at radius 2 is 2.10 bits per heavy atom. The average Bonchev–Trinajstić information content (AvgIpc) is 2.38. The lowest BCUT2D eigenvalue weighted by atomic mass is 10.3. The molecule has 0 spiro atoms. The number of benzene rings is 1. The lowest BCUT2D eigenvalue weighted by molar-refractivity contribution is -0.387. The van der Waals surface area contributed by atoms with Crippen LogP contribution in [0, 0.1) is 10.1 Å². The SMILES string of the molecule is O=C1CN(S(=O)(=O)c2ccc(Cl)cc2[N+](=O)[O-])CCN1. The van der Waals surface area contributed by atoms with Gasteiger partial charge in [0.25, 0.3) is 5.69 Å². The molecule has 0 aromatic heterocycles. The number of nitrogens with zero attached hydrogens (tertiary/aromatic N) is 2. The molecule has 108 valence electrons. The lowest BCUT2D eigenvalue weighted by Gasteiger charge is -2.25. The molecule has 1 saturated heterocycles. The van der Waals surface area contributed by atoms with Crippen LogP contribution >= 0.6 is 11.6 Å². The van der Waals surface area contributed by atoms with Crippen LogP contribution in [-0.4, -0.2) is 43.2 Å². The van der Waals surface area contributed by atoms with Crippen molar-refractivity contribution in [2.24, 2.45) is 0 Å². The zero-order valence-electron chi connectivity index (χ0n) is 10.1. The van der Waals surface area contributed by atoms with Gasteiger partial charge in [0.15, 0.2) is 4.90 Å². The van der Waals surface area contributed by atoms with Crippen molar-refractivity contribution in [2.45, 2.75) is 4.90 Å². The molecule has 0 aliphatic carbocycles. The summed E-state index contributed by atoms with van der Waals surface area (Å²) < 4.78 is 25.6. The minimum absolute atomic E-state index is 0.0621. The summed E-state index contributed by atoms with van der Waals surface area (Å²) in [6, 6.07) is 3.30. The van der Waals surface area contributed by atoms with Gasteiger partial charge in [-0.3, -0.25) is 14.9 Å². The third-order valence-corrected chi connectivity index (χ3v) is 4.87. The third-order valence-electron chi connectivity index (χ3n) is 2.74. The van der Waals surface area contributed by atoms with Crippen molar-refractivity contribution in [1.29, 1.82) is 0 Å². The second kappa shape index (κ2) is 5.35. The van der Waals surface area contributed by atoms with Gasteiger partial charge in [-0.15, -0.1) is 0 Å². The molecule has 10 heteroatoms. The predicted molar refractivity (Wildman–Crippen MR) is 69.9 cm³/mol. The average molecular weight is 320 g/mol. The van der Waals surface area contributed by atoms with Crippen LogP contribution < -0.4 is 5.32 Å². The van der Waals surface area contributed by atoms with Crippen LogP contribution in [0.4, 0.5) is 5.69 Å². The van der Waals surface area contributed by atoms with Crippen molar-refractivity contribution in [2.75, 3.05) is 19.6 Å². The van der Waals surface area contributed by atoms with E-state index in [1.807, 2.05) is 0 Å². The van der Waals surface area contributed by atoms with Crippen molar-refractivity contribution in [3.8, 4) is 0 Å². The Bertz CT molecular complexity index is 675. The van der Waals surface area contributed by atoms with Crippen molar-refractivity contribution in [3.63, 3.8) is 0 Å². The van der Waals surface area contributed by atoms with E-state index in [9.17, 15) is 23.3 Å². The molecule has 0 bridgehead atoms. The fourth-order valence-corrected chi connectivity index (χ4v) is 3.51. The predicted octanol–water partition coefficient (Wildman–Crippen LogP) is 0.369. The molecule has 8 nitrogen and oxygen atoms in total. The number of hydrogen-bond acceptors (Lipinski definition) is 5. The summed E-state index contributed by atoms with van der Waals surface area (Å²) >= 11 is 5.64. The number of nitro groups is 1. The maximum atomic E-state index is 12.4. The molecule has 1 heterocycles. The van der Waals surface area contributed by atoms with E-state index in [1.54, 1.807) is 0 Å². The number of amides is 1. The Kier molecular flexibility index (Phi) is 3.93. The molecule has 1 N–H and O–H groups in total. The first kappa shape index (κ1) is 14.7. The van der Waals surface area contributed by atoms with E-state index in [2.05, 4.69) is 5.32 Å². The maximum absolute atomic E-state index is 12.4. The summed E-state index contributed by atoms with van der Waals surface area (Å²) in [7, 11) is -4.12. The summed E-state index contributed by atoms with van der Waals surface area (Å²) in [5.41, 5.74) is -0.608. The van der Waals surface area contributed by atoms with Gasteiger partial charge in [-0.1, -0.05) is 11.6 Å². The zero-order chi connectivity index (χ0) is 14.9. The zero-order valence-corrected chi connectivity index (χ0v) is 11.6. The summed E-state index contributed by atoms with van der Waals surface area (Å²) in [5.74, 6) is -0.448. The smallest absolute Gasteiger partial charge is 0.290 e. The quantitative estimate of drug-likeness (QED) is 0.639. The minimum Gasteiger partial charge on any atom is -0.354 e. The molecule has 1 aliphatic rings. The molecule has 1 aromatic carbocycles. The molecule has 1 fully saturated rings. The normalized spacial score (nSPS) is 16.8. The van der Waals surface area contributed by atoms with Crippen LogP contribution in [0.2, 0.25) is 5.02 Å². The van der Waals surface area contributed by atoms with Crippen LogP contribution in [0.15, 0.2) is 23.1 Å². The van der Waals surface area contributed by atoms with E-state index in [4.69, 9.17) is 11.6 Å². The van der Waals surface area contributed by atoms with Gasteiger partial charge >= 0.3 is 0 Å². The first-order valence-corrected chi connectivity index (χ1v) is 7.35. The van der Waals surface area contributed by atoms with Crippen LogP contribution in [0.5, 0.6) is 0 Å². The summed E-state index contributed by atoms with van der Waals surface area (Å²) in [4.78, 5) is 20.9.